The van der Waals surface area contributed by atoms with Crippen LogP contribution in [-0.4, -0.2) is 35.5 Å². The van der Waals surface area contributed by atoms with Crippen molar-refractivity contribution in [3.8, 4) is 0 Å². The Morgan fingerprint density at radius 1 is 1.42 bits per heavy atom. The molecular weight excluding hydrogens is 266 g/mol. The first-order valence-corrected chi connectivity index (χ1v) is 7.80. The van der Waals surface area contributed by atoms with Crippen LogP contribution in [0.1, 0.15) is 38.1 Å². The topological polar surface area (TPSA) is 84.2 Å². The van der Waals surface area contributed by atoms with Crippen molar-refractivity contribution in [1.82, 2.24) is 14.5 Å². The van der Waals surface area contributed by atoms with Crippen molar-refractivity contribution in [2.24, 2.45) is 7.05 Å². The van der Waals surface area contributed by atoms with Crippen LogP contribution in [0.3, 0.4) is 0 Å². The predicted molar refractivity (Wildman–Crippen MR) is 73.4 cm³/mol. The molecule has 0 fully saturated rings. The van der Waals surface area contributed by atoms with Gasteiger partial charge in [-0.25, -0.2) is 13.1 Å². The van der Waals surface area contributed by atoms with Crippen molar-refractivity contribution >= 4 is 10.0 Å². The molecule has 0 aliphatic heterocycles. The molecule has 1 unspecified atom stereocenters. The second-order valence-electron chi connectivity index (χ2n) is 5.12. The maximum absolute atomic E-state index is 12.5. The quantitative estimate of drug-likeness (QED) is 0.813. The summed E-state index contributed by atoms with van der Waals surface area (Å²) in [5, 5.41) is 13.2. The average Bonchev–Trinajstić information content (AvgIpc) is 2.53. The van der Waals surface area contributed by atoms with E-state index in [2.05, 4.69) is 9.82 Å². The zero-order chi connectivity index (χ0) is 14.8. The van der Waals surface area contributed by atoms with E-state index in [1.165, 1.54) is 0 Å². The number of nitrogens with zero attached hydrogens (tertiary/aromatic N) is 2. The van der Waals surface area contributed by atoms with Gasteiger partial charge in [0.2, 0.25) is 10.0 Å². The minimum atomic E-state index is -3.64. The summed E-state index contributed by atoms with van der Waals surface area (Å²) in [5.41, 5.74) is 0.435. The van der Waals surface area contributed by atoms with Crippen molar-refractivity contribution < 1.29 is 13.5 Å². The van der Waals surface area contributed by atoms with Gasteiger partial charge < -0.3 is 5.11 Å². The first-order valence-electron chi connectivity index (χ1n) is 6.32. The second-order valence-corrected chi connectivity index (χ2v) is 6.74. The van der Waals surface area contributed by atoms with Crippen LogP contribution in [0, 0.1) is 13.8 Å². The fraction of sp³-hybridized carbons (Fsp3) is 0.750. The van der Waals surface area contributed by atoms with E-state index in [1.54, 1.807) is 32.5 Å². The molecule has 0 aromatic carbocycles. The third-order valence-electron chi connectivity index (χ3n) is 3.54. The van der Waals surface area contributed by atoms with Crippen LogP contribution in [0.4, 0.5) is 0 Å². The summed E-state index contributed by atoms with van der Waals surface area (Å²) in [4.78, 5) is 0.229. The molecule has 0 saturated heterocycles. The van der Waals surface area contributed by atoms with Gasteiger partial charge in [-0.15, -0.1) is 0 Å². The second kappa shape index (κ2) is 5.60. The summed E-state index contributed by atoms with van der Waals surface area (Å²) < 4.78 is 29.2. The Balaban J connectivity index is 3.18. The first-order chi connectivity index (χ1) is 8.67. The van der Waals surface area contributed by atoms with Crippen LogP contribution in [0.2, 0.25) is 0 Å². The van der Waals surface area contributed by atoms with Crippen LogP contribution in [0.15, 0.2) is 4.90 Å². The van der Waals surface area contributed by atoms with Gasteiger partial charge >= 0.3 is 0 Å². The van der Waals surface area contributed by atoms with Crippen molar-refractivity contribution in [1.29, 1.82) is 0 Å². The Hall–Kier alpha value is -0.920. The predicted octanol–water partition coefficient (Wildman–Crippen LogP) is 0.866. The van der Waals surface area contributed by atoms with E-state index in [0.29, 0.717) is 24.2 Å². The van der Waals surface area contributed by atoms with E-state index < -0.39 is 15.6 Å². The van der Waals surface area contributed by atoms with Crippen LogP contribution >= 0.6 is 0 Å². The molecule has 1 aromatic heterocycles. The van der Waals surface area contributed by atoms with Crippen molar-refractivity contribution in [3.63, 3.8) is 0 Å². The molecule has 1 atom stereocenters. The monoisotopic (exact) mass is 289 g/mol. The summed E-state index contributed by atoms with van der Waals surface area (Å²) in [7, 11) is -1.92. The lowest BCUT2D eigenvalue weighted by Gasteiger charge is -2.28. The molecule has 2 N–H and O–H groups in total. The fourth-order valence-corrected chi connectivity index (χ4v) is 4.01. The van der Waals surface area contributed by atoms with Gasteiger partial charge in [-0.2, -0.15) is 5.10 Å². The van der Waals surface area contributed by atoms with E-state index in [9.17, 15) is 8.42 Å². The molecule has 1 rings (SSSR count). The van der Waals surface area contributed by atoms with Gasteiger partial charge in [0.05, 0.1) is 11.4 Å². The maximum atomic E-state index is 12.5. The Bertz CT molecular complexity index is 551. The highest BCUT2D eigenvalue weighted by Gasteiger charge is 2.32. The minimum absolute atomic E-state index is 0.0577. The molecular formula is C12H23N3O3S. The standard InChI is InChI=1S/C12H23N3O3S/c1-6-12(4,7-8-16)14-19(17,18)11-9(2)13-15(5)10(11)3/h14,16H,6-8H2,1-5H3. The highest BCUT2D eigenvalue weighted by Crippen LogP contribution is 2.23. The van der Waals surface area contributed by atoms with Gasteiger partial charge in [-0.3, -0.25) is 4.68 Å². The number of aromatic nitrogens is 2. The van der Waals surface area contributed by atoms with Crippen molar-refractivity contribution in [2.75, 3.05) is 6.61 Å². The molecule has 0 amide bonds. The lowest BCUT2D eigenvalue weighted by Crippen LogP contribution is -2.46. The first kappa shape index (κ1) is 16.1. The molecule has 1 aromatic rings. The van der Waals surface area contributed by atoms with Crippen LogP contribution in [0.5, 0.6) is 0 Å². The van der Waals surface area contributed by atoms with Gasteiger partial charge in [-0.1, -0.05) is 6.92 Å². The molecule has 7 heteroatoms. The van der Waals surface area contributed by atoms with Crippen LogP contribution < -0.4 is 4.72 Å². The highest BCUT2D eigenvalue weighted by atomic mass is 32.2. The molecule has 0 spiro atoms. The summed E-state index contributed by atoms with van der Waals surface area (Å²) >= 11 is 0. The normalized spacial score (nSPS) is 15.5. The fourth-order valence-electron chi connectivity index (χ4n) is 2.07. The largest absolute Gasteiger partial charge is 0.396 e. The van der Waals surface area contributed by atoms with Gasteiger partial charge in [-0.05, 0) is 33.6 Å². The summed E-state index contributed by atoms with van der Waals surface area (Å²) in [6.45, 7) is 7.03. The van der Waals surface area contributed by atoms with E-state index in [1.807, 2.05) is 6.92 Å². The van der Waals surface area contributed by atoms with Gasteiger partial charge in [0.1, 0.15) is 4.90 Å². The minimum Gasteiger partial charge on any atom is -0.396 e. The lowest BCUT2D eigenvalue weighted by atomic mass is 9.97. The summed E-state index contributed by atoms with van der Waals surface area (Å²) in [6.07, 6.45) is 0.978. The Morgan fingerprint density at radius 2 is 2.00 bits per heavy atom. The number of hydrogen-bond acceptors (Lipinski definition) is 4. The number of hydrogen-bond donors (Lipinski definition) is 2. The number of aliphatic hydroxyl groups is 1. The number of aryl methyl sites for hydroxylation is 2. The van der Waals surface area contributed by atoms with E-state index >= 15 is 0 Å². The molecule has 19 heavy (non-hydrogen) atoms. The molecule has 0 saturated carbocycles. The Labute approximate surface area is 114 Å². The third-order valence-corrected chi connectivity index (χ3v) is 5.43. The molecule has 1 heterocycles. The number of sulfonamides is 1. The van der Waals surface area contributed by atoms with E-state index in [0.717, 1.165) is 0 Å². The smallest absolute Gasteiger partial charge is 0.244 e. The molecule has 0 aliphatic carbocycles. The number of rotatable bonds is 6. The molecule has 0 radical (unpaired) electrons. The van der Waals surface area contributed by atoms with E-state index in [4.69, 9.17) is 5.11 Å². The third kappa shape index (κ3) is 3.34. The number of nitrogens with one attached hydrogen (secondary N) is 1. The highest BCUT2D eigenvalue weighted by molar-refractivity contribution is 7.89. The van der Waals surface area contributed by atoms with Crippen LogP contribution in [0.25, 0.3) is 0 Å². The van der Waals surface area contributed by atoms with Gasteiger partial charge in [0.25, 0.3) is 0 Å². The van der Waals surface area contributed by atoms with Gasteiger partial charge in [0, 0.05) is 19.2 Å². The van der Waals surface area contributed by atoms with Crippen molar-refractivity contribution in [2.45, 2.75) is 51.0 Å². The van der Waals surface area contributed by atoms with Crippen molar-refractivity contribution in [3.05, 3.63) is 11.4 Å². The van der Waals surface area contributed by atoms with Gasteiger partial charge in [0.15, 0.2) is 0 Å². The lowest BCUT2D eigenvalue weighted by molar-refractivity contribution is 0.233. The average molecular weight is 289 g/mol. The molecule has 110 valence electrons. The number of aliphatic hydroxyl groups excluding tert-OH is 1. The molecule has 0 aliphatic rings. The molecule has 0 bridgehead atoms. The Morgan fingerprint density at radius 3 is 2.37 bits per heavy atom. The zero-order valence-electron chi connectivity index (χ0n) is 12.2. The Kier molecular flexibility index (Phi) is 4.76. The SMILES string of the molecule is CCC(C)(CCO)NS(=O)(=O)c1c(C)nn(C)c1C. The molecule has 6 nitrogen and oxygen atoms in total. The summed E-state index contributed by atoms with van der Waals surface area (Å²) in [6, 6.07) is 0. The van der Waals surface area contributed by atoms with E-state index in [-0.39, 0.29) is 11.5 Å². The zero-order valence-corrected chi connectivity index (χ0v) is 13.0. The maximum Gasteiger partial charge on any atom is 0.244 e. The van der Waals surface area contributed by atoms with Crippen LogP contribution in [-0.2, 0) is 17.1 Å². The summed E-state index contributed by atoms with van der Waals surface area (Å²) in [5.74, 6) is 0.